The summed E-state index contributed by atoms with van der Waals surface area (Å²) >= 11 is 0. The summed E-state index contributed by atoms with van der Waals surface area (Å²) < 4.78 is 0. The number of carbonyl (C=O) groups is 1. The Balaban J connectivity index is 1.63. The van der Waals surface area contributed by atoms with Crippen molar-refractivity contribution in [1.29, 1.82) is 0 Å². The number of nitrogens with zero attached hydrogens (tertiary/aromatic N) is 3. The maximum absolute atomic E-state index is 12.4. The lowest BCUT2D eigenvalue weighted by molar-refractivity contribution is 0.0880. The molecule has 3 aromatic rings. The van der Waals surface area contributed by atoms with Crippen LogP contribution in [0, 0.1) is 0 Å². The molecule has 5 heteroatoms. The molecule has 1 N–H and O–H groups in total. The molecule has 0 radical (unpaired) electrons. The van der Waals surface area contributed by atoms with E-state index in [0.717, 1.165) is 30.0 Å². The molecule has 1 aliphatic carbocycles. The van der Waals surface area contributed by atoms with Crippen molar-refractivity contribution >= 4 is 12.0 Å². The molecule has 0 spiro atoms. The van der Waals surface area contributed by atoms with Gasteiger partial charge in [-0.1, -0.05) is 48.6 Å². The fraction of sp³-hybridized carbons (Fsp3) is 0.190. The molecule has 1 aromatic carbocycles. The Morgan fingerprint density at radius 3 is 2.62 bits per heavy atom. The van der Waals surface area contributed by atoms with Gasteiger partial charge in [0.05, 0.1) is 11.1 Å². The average Bonchev–Trinajstić information content (AvgIpc) is 3.48. The summed E-state index contributed by atoms with van der Waals surface area (Å²) in [5.41, 5.74) is 4.20. The van der Waals surface area contributed by atoms with Gasteiger partial charge in [-0.15, -0.1) is 0 Å². The number of hydrogen-bond acceptors (Lipinski definition) is 3. The highest BCUT2D eigenvalue weighted by molar-refractivity contribution is 5.97. The first-order valence-corrected chi connectivity index (χ1v) is 8.81. The van der Waals surface area contributed by atoms with Crippen molar-refractivity contribution < 1.29 is 4.79 Å². The van der Waals surface area contributed by atoms with Crippen LogP contribution in [0.15, 0.2) is 60.8 Å². The van der Waals surface area contributed by atoms with Crippen LogP contribution in [-0.2, 0) is 11.8 Å². The summed E-state index contributed by atoms with van der Waals surface area (Å²) in [6, 6.07) is 16.4. The minimum Gasteiger partial charge on any atom is -0.334 e. The van der Waals surface area contributed by atoms with Gasteiger partial charge in [-0.05, 0) is 17.7 Å². The number of aromatic amines is 1. The zero-order valence-corrected chi connectivity index (χ0v) is 14.2. The maximum Gasteiger partial charge on any atom is 0.275 e. The molecular formula is C21H18N4O. The molecule has 0 saturated carbocycles. The number of H-pyrrole nitrogens is 1. The monoisotopic (exact) mass is 342 g/mol. The molecule has 2 aliphatic rings. The number of nitrogens with one attached hydrogen (secondary N) is 1. The SMILES string of the molecule is O=C(c1n[nH]c2c1C=CC(c1ccccc1)(c1ccccn1)C2)N1CC1. The van der Waals surface area contributed by atoms with Crippen molar-refractivity contribution in [1.82, 2.24) is 20.1 Å². The van der Waals surface area contributed by atoms with E-state index in [4.69, 9.17) is 0 Å². The second-order valence-corrected chi connectivity index (χ2v) is 6.82. The quantitative estimate of drug-likeness (QED) is 0.745. The Bertz CT molecular complexity index is 948. The summed E-state index contributed by atoms with van der Waals surface area (Å²) in [7, 11) is 0. The number of pyridine rings is 1. The number of allylic oxidation sites excluding steroid dienone is 1. The normalized spacial score (nSPS) is 20.7. The third-order valence-corrected chi connectivity index (χ3v) is 5.22. The van der Waals surface area contributed by atoms with Crippen LogP contribution >= 0.6 is 0 Å². The minimum atomic E-state index is -0.373. The van der Waals surface area contributed by atoms with E-state index in [2.05, 4.69) is 39.5 Å². The van der Waals surface area contributed by atoms with Gasteiger partial charge in [-0.3, -0.25) is 14.9 Å². The topological polar surface area (TPSA) is 61.6 Å². The van der Waals surface area contributed by atoms with Gasteiger partial charge < -0.3 is 4.90 Å². The molecule has 3 heterocycles. The van der Waals surface area contributed by atoms with Gasteiger partial charge in [0.2, 0.25) is 0 Å². The van der Waals surface area contributed by atoms with Crippen LogP contribution in [0.25, 0.3) is 6.08 Å². The largest absolute Gasteiger partial charge is 0.334 e. The molecule has 1 unspecified atom stereocenters. The Hall–Kier alpha value is -3.21. The van der Waals surface area contributed by atoms with Crippen molar-refractivity contribution in [3.8, 4) is 0 Å². The van der Waals surface area contributed by atoms with Gasteiger partial charge in [0.25, 0.3) is 5.91 Å². The van der Waals surface area contributed by atoms with E-state index in [-0.39, 0.29) is 11.3 Å². The van der Waals surface area contributed by atoms with Crippen LogP contribution in [0.3, 0.4) is 0 Å². The zero-order chi connectivity index (χ0) is 17.6. The molecule has 1 atom stereocenters. The van der Waals surface area contributed by atoms with E-state index in [9.17, 15) is 4.79 Å². The van der Waals surface area contributed by atoms with Crippen LogP contribution in [0.5, 0.6) is 0 Å². The molecular weight excluding hydrogens is 324 g/mol. The van der Waals surface area contributed by atoms with E-state index in [1.54, 1.807) is 4.90 Å². The van der Waals surface area contributed by atoms with Crippen molar-refractivity contribution in [3.63, 3.8) is 0 Å². The van der Waals surface area contributed by atoms with E-state index in [1.807, 2.05) is 42.6 Å². The fourth-order valence-electron chi connectivity index (χ4n) is 3.71. The first-order chi connectivity index (χ1) is 12.8. The van der Waals surface area contributed by atoms with Crippen molar-refractivity contribution in [2.24, 2.45) is 0 Å². The molecule has 1 saturated heterocycles. The Morgan fingerprint density at radius 2 is 1.88 bits per heavy atom. The van der Waals surface area contributed by atoms with Gasteiger partial charge in [0.1, 0.15) is 0 Å². The highest BCUT2D eigenvalue weighted by Crippen LogP contribution is 2.40. The van der Waals surface area contributed by atoms with Crippen LogP contribution in [0.2, 0.25) is 0 Å². The van der Waals surface area contributed by atoms with Crippen LogP contribution in [0.4, 0.5) is 0 Å². The number of rotatable bonds is 3. The van der Waals surface area contributed by atoms with E-state index >= 15 is 0 Å². The smallest absolute Gasteiger partial charge is 0.275 e. The van der Waals surface area contributed by atoms with Gasteiger partial charge in [-0.2, -0.15) is 5.10 Å². The van der Waals surface area contributed by atoms with Crippen molar-refractivity contribution in [3.05, 3.63) is 89.0 Å². The van der Waals surface area contributed by atoms with E-state index < -0.39 is 0 Å². The fourth-order valence-corrected chi connectivity index (χ4v) is 3.71. The van der Waals surface area contributed by atoms with Gasteiger partial charge in [-0.25, -0.2) is 0 Å². The van der Waals surface area contributed by atoms with Crippen LogP contribution in [0.1, 0.15) is 33.0 Å². The minimum absolute atomic E-state index is 0.0113. The average molecular weight is 342 g/mol. The van der Waals surface area contributed by atoms with Crippen LogP contribution < -0.4 is 0 Å². The van der Waals surface area contributed by atoms with Crippen molar-refractivity contribution in [2.75, 3.05) is 13.1 Å². The van der Waals surface area contributed by atoms with E-state index in [0.29, 0.717) is 12.1 Å². The second-order valence-electron chi connectivity index (χ2n) is 6.82. The Kier molecular flexibility index (Phi) is 3.28. The molecule has 0 bridgehead atoms. The molecule has 1 fully saturated rings. The molecule has 26 heavy (non-hydrogen) atoms. The van der Waals surface area contributed by atoms with Gasteiger partial charge >= 0.3 is 0 Å². The molecule has 2 aromatic heterocycles. The number of benzene rings is 1. The Labute approximate surface area is 151 Å². The third kappa shape index (κ3) is 2.28. The van der Waals surface area contributed by atoms with Gasteiger partial charge in [0.15, 0.2) is 5.69 Å². The summed E-state index contributed by atoms with van der Waals surface area (Å²) in [4.78, 5) is 18.9. The summed E-state index contributed by atoms with van der Waals surface area (Å²) in [5.74, 6) is 0.0113. The third-order valence-electron chi connectivity index (χ3n) is 5.22. The lowest BCUT2D eigenvalue weighted by Gasteiger charge is -2.33. The van der Waals surface area contributed by atoms with E-state index in [1.165, 1.54) is 5.56 Å². The highest BCUT2D eigenvalue weighted by atomic mass is 16.2. The Morgan fingerprint density at radius 1 is 1.08 bits per heavy atom. The van der Waals surface area contributed by atoms with Crippen molar-refractivity contribution in [2.45, 2.75) is 11.8 Å². The number of carbonyl (C=O) groups excluding carboxylic acids is 1. The van der Waals surface area contributed by atoms with Crippen LogP contribution in [-0.4, -0.2) is 39.1 Å². The molecule has 5 rings (SSSR count). The summed E-state index contributed by atoms with van der Waals surface area (Å²) in [5, 5.41) is 7.43. The zero-order valence-electron chi connectivity index (χ0n) is 14.2. The molecule has 1 aliphatic heterocycles. The molecule has 128 valence electrons. The highest BCUT2D eigenvalue weighted by Gasteiger charge is 2.39. The number of fused-ring (bicyclic) bond motifs is 1. The molecule has 1 amide bonds. The first kappa shape index (κ1) is 15.1. The predicted octanol–water partition coefficient (Wildman–Crippen LogP) is 2.82. The number of hydrogen-bond donors (Lipinski definition) is 1. The maximum atomic E-state index is 12.4. The first-order valence-electron chi connectivity index (χ1n) is 8.81. The molecule has 5 nitrogen and oxygen atoms in total. The summed E-state index contributed by atoms with van der Waals surface area (Å²) in [6.07, 6.45) is 6.72. The number of amides is 1. The summed E-state index contributed by atoms with van der Waals surface area (Å²) in [6.45, 7) is 1.65. The lowest BCUT2D eigenvalue weighted by atomic mass is 9.70. The lowest BCUT2D eigenvalue weighted by Crippen LogP contribution is -2.31. The second kappa shape index (κ2) is 5.66. The van der Waals surface area contributed by atoms with Gasteiger partial charge in [0, 0.05) is 37.0 Å². The number of aromatic nitrogens is 3. The standard InChI is InChI=1S/C21H18N4O/c26-20(25-12-13-25)19-16-9-10-21(14-17(16)23-24-19,15-6-2-1-3-7-15)18-8-4-5-11-22-18/h1-11H,12-14H2,(H,23,24). The predicted molar refractivity (Wildman–Crippen MR) is 98.7 cm³/mol.